The van der Waals surface area contributed by atoms with E-state index in [0.29, 0.717) is 13.2 Å². The Kier molecular flexibility index (Phi) is 5.09. The molecule has 1 atom stereocenters. The van der Waals surface area contributed by atoms with E-state index in [2.05, 4.69) is 44.7 Å². The fourth-order valence-electron chi connectivity index (χ4n) is 3.65. The van der Waals surface area contributed by atoms with Gasteiger partial charge in [0.05, 0.1) is 37.0 Å². The van der Waals surface area contributed by atoms with Gasteiger partial charge in [-0.05, 0) is 17.2 Å². The maximum atomic E-state index is 6.11. The van der Waals surface area contributed by atoms with Crippen molar-refractivity contribution in [2.24, 2.45) is 7.05 Å². The van der Waals surface area contributed by atoms with Crippen LogP contribution in [0.2, 0.25) is 0 Å². The van der Waals surface area contributed by atoms with Gasteiger partial charge in [0.15, 0.2) is 0 Å². The first-order valence-corrected chi connectivity index (χ1v) is 9.06. The van der Waals surface area contributed by atoms with Crippen molar-refractivity contribution in [2.75, 3.05) is 13.2 Å². The van der Waals surface area contributed by atoms with Gasteiger partial charge in [0.1, 0.15) is 0 Å². The Morgan fingerprint density at radius 2 is 1.96 bits per heavy atom. The van der Waals surface area contributed by atoms with E-state index >= 15 is 0 Å². The summed E-state index contributed by atoms with van der Waals surface area (Å²) in [6, 6.07) is 14.7. The molecule has 3 aromatic rings. The van der Waals surface area contributed by atoms with E-state index in [1.807, 2.05) is 43.0 Å². The minimum Gasteiger partial charge on any atom is -0.375 e. The molecule has 134 valence electrons. The molecule has 1 aliphatic rings. The van der Waals surface area contributed by atoms with Gasteiger partial charge in [-0.25, -0.2) is 4.98 Å². The van der Waals surface area contributed by atoms with Crippen LogP contribution in [0, 0.1) is 0 Å². The molecule has 0 fully saturated rings. The number of hydrogen-bond acceptors (Lipinski definition) is 4. The van der Waals surface area contributed by atoms with Crippen LogP contribution in [0.15, 0.2) is 61.2 Å². The van der Waals surface area contributed by atoms with Gasteiger partial charge in [0.2, 0.25) is 0 Å². The average molecular weight is 348 g/mol. The van der Waals surface area contributed by atoms with Crippen molar-refractivity contribution in [3.8, 4) is 0 Å². The second-order valence-electron chi connectivity index (χ2n) is 6.79. The van der Waals surface area contributed by atoms with Crippen molar-refractivity contribution in [3.05, 3.63) is 83.7 Å². The summed E-state index contributed by atoms with van der Waals surface area (Å²) in [6.45, 7) is 3.14. The summed E-state index contributed by atoms with van der Waals surface area (Å²) in [5.41, 5.74) is 4.90. The van der Waals surface area contributed by atoms with E-state index in [0.717, 1.165) is 19.5 Å². The molecule has 4 rings (SSSR count). The molecule has 0 aliphatic carbocycles. The smallest absolute Gasteiger partial charge is 0.0949 e. The van der Waals surface area contributed by atoms with Gasteiger partial charge in [-0.15, -0.1) is 0 Å². The topological polar surface area (TPSA) is 43.2 Å². The number of benzene rings is 1. The SMILES string of the molecule is Cn1cnc2c1C(COCc1ccccc1)N(Cc1cccnc1)CC2. The van der Waals surface area contributed by atoms with Crippen LogP contribution in [0.5, 0.6) is 0 Å². The Morgan fingerprint density at radius 1 is 1.12 bits per heavy atom. The highest BCUT2D eigenvalue weighted by Crippen LogP contribution is 2.30. The first-order chi connectivity index (χ1) is 12.8. The summed E-state index contributed by atoms with van der Waals surface area (Å²) in [5.74, 6) is 0. The molecule has 5 nitrogen and oxygen atoms in total. The summed E-state index contributed by atoms with van der Waals surface area (Å²) < 4.78 is 8.25. The number of imidazole rings is 1. The monoisotopic (exact) mass is 348 g/mol. The fourth-order valence-corrected chi connectivity index (χ4v) is 3.65. The van der Waals surface area contributed by atoms with Crippen LogP contribution < -0.4 is 0 Å². The van der Waals surface area contributed by atoms with Crippen molar-refractivity contribution in [3.63, 3.8) is 0 Å². The van der Waals surface area contributed by atoms with Gasteiger partial charge in [-0.1, -0.05) is 36.4 Å². The van der Waals surface area contributed by atoms with Gasteiger partial charge < -0.3 is 9.30 Å². The standard InChI is InChI=1S/C21H24N4O/c1-24-16-23-19-9-11-25(13-18-8-5-10-22-12-18)20(21(19)24)15-26-14-17-6-3-2-4-7-17/h2-8,10,12,16,20H,9,11,13-15H2,1H3. The van der Waals surface area contributed by atoms with E-state index in [4.69, 9.17) is 4.74 Å². The lowest BCUT2D eigenvalue weighted by atomic mass is 10.0. The maximum absolute atomic E-state index is 6.11. The number of pyridine rings is 1. The molecule has 1 aliphatic heterocycles. The molecule has 0 amide bonds. The normalized spacial score (nSPS) is 17.2. The molecule has 0 bridgehead atoms. The molecule has 26 heavy (non-hydrogen) atoms. The lowest BCUT2D eigenvalue weighted by Gasteiger charge is -2.35. The molecule has 1 unspecified atom stereocenters. The fraction of sp³-hybridized carbons (Fsp3) is 0.333. The number of ether oxygens (including phenoxy) is 1. The minimum atomic E-state index is 0.204. The number of fused-ring (bicyclic) bond motifs is 1. The Bertz CT molecular complexity index is 832. The number of aromatic nitrogens is 3. The molecule has 2 aromatic heterocycles. The predicted octanol–water partition coefficient (Wildman–Crippen LogP) is 3.13. The lowest BCUT2D eigenvalue weighted by molar-refractivity contribution is 0.0377. The molecule has 5 heteroatoms. The molecule has 3 heterocycles. The van der Waals surface area contributed by atoms with Crippen molar-refractivity contribution in [1.29, 1.82) is 0 Å². The molecule has 0 saturated heterocycles. The van der Waals surface area contributed by atoms with Gasteiger partial charge in [0, 0.05) is 39.0 Å². The minimum absolute atomic E-state index is 0.204. The third-order valence-electron chi connectivity index (χ3n) is 4.95. The highest BCUT2D eigenvalue weighted by atomic mass is 16.5. The average Bonchev–Trinajstić information content (AvgIpc) is 3.06. The first-order valence-electron chi connectivity index (χ1n) is 9.06. The zero-order chi connectivity index (χ0) is 17.8. The summed E-state index contributed by atoms with van der Waals surface area (Å²) in [7, 11) is 2.07. The zero-order valence-corrected chi connectivity index (χ0v) is 15.1. The van der Waals surface area contributed by atoms with Crippen LogP contribution in [0.1, 0.15) is 28.6 Å². The largest absolute Gasteiger partial charge is 0.375 e. The Balaban J connectivity index is 1.50. The van der Waals surface area contributed by atoms with Gasteiger partial charge in [-0.3, -0.25) is 9.88 Å². The van der Waals surface area contributed by atoms with Crippen LogP contribution in [0.4, 0.5) is 0 Å². The molecule has 0 radical (unpaired) electrons. The Morgan fingerprint density at radius 3 is 2.77 bits per heavy atom. The number of rotatable bonds is 6. The van der Waals surface area contributed by atoms with Gasteiger partial charge >= 0.3 is 0 Å². The zero-order valence-electron chi connectivity index (χ0n) is 15.1. The number of nitrogens with zero attached hydrogens (tertiary/aromatic N) is 4. The molecule has 1 aromatic carbocycles. The molecule has 0 N–H and O–H groups in total. The second kappa shape index (κ2) is 7.81. The third-order valence-corrected chi connectivity index (χ3v) is 4.95. The third kappa shape index (κ3) is 3.69. The summed E-state index contributed by atoms with van der Waals surface area (Å²) >= 11 is 0. The van der Waals surface area contributed by atoms with E-state index in [-0.39, 0.29) is 6.04 Å². The highest BCUT2D eigenvalue weighted by molar-refractivity contribution is 5.22. The molecule has 0 saturated carbocycles. The highest BCUT2D eigenvalue weighted by Gasteiger charge is 2.31. The van der Waals surface area contributed by atoms with Crippen LogP contribution >= 0.6 is 0 Å². The van der Waals surface area contributed by atoms with Crippen molar-refractivity contribution in [2.45, 2.75) is 25.6 Å². The van der Waals surface area contributed by atoms with Crippen molar-refractivity contribution >= 4 is 0 Å². The van der Waals surface area contributed by atoms with E-state index in [1.165, 1.54) is 22.5 Å². The summed E-state index contributed by atoms with van der Waals surface area (Å²) in [4.78, 5) is 11.3. The summed E-state index contributed by atoms with van der Waals surface area (Å²) in [5, 5.41) is 0. The molecular formula is C21H24N4O. The van der Waals surface area contributed by atoms with Crippen molar-refractivity contribution < 1.29 is 4.74 Å². The van der Waals surface area contributed by atoms with Gasteiger partial charge in [0.25, 0.3) is 0 Å². The van der Waals surface area contributed by atoms with Gasteiger partial charge in [-0.2, -0.15) is 0 Å². The molecular weight excluding hydrogens is 324 g/mol. The van der Waals surface area contributed by atoms with E-state index in [9.17, 15) is 0 Å². The van der Waals surface area contributed by atoms with Crippen LogP contribution in [0.25, 0.3) is 0 Å². The predicted molar refractivity (Wildman–Crippen MR) is 100 cm³/mol. The Hall–Kier alpha value is -2.50. The lowest BCUT2D eigenvalue weighted by Crippen LogP contribution is -2.38. The quantitative estimate of drug-likeness (QED) is 0.686. The van der Waals surface area contributed by atoms with Crippen LogP contribution in [0.3, 0.4) is 0 Å². The van der Waals surface area contributed by atoms with E-state index in [1.54, 1.807) is 0 Å². The van der Waals surface area contributed by atoms with Crippen LogP contribution in [-0.2, 0) is 31.4 Å². The Labute approximate surface area is 154 Å². The first kappa shape index (κ1) is 16.9. The number of hydrogen-bond donors (Lipinski definition) is 0. The summed E-state index contributed by atoms with van der Waals surface area (Å²) in [6.07, 6.45) is 6.66. The maximum Gasteiger partial charge on any atom is 0.0949 e. The molecule has 0 spiro atoms. The second-order valence-corrected chi connectivity index (χ2v) is 6.79. The van der Waals surface area contributed by atoms with E-state index < -0.39 is 0 Å². The van der Waals surface area contributed by atoms with Crippen molar-refractivity contribution in [1.82, 2.24) is 19.4 Å². The number of aryl methyl sites for hydroxylation is 1. The van der Waals surface area contributed by atoms with Crippen LogP contribution in [-0.4, -0.2) is 32.6 Å².